The van der Waals surface area contributed by atoms with Gasteiger partial charge in [-0.2, -0.15) is 4.31 Å². The predicted molar refractivity (Wildman–Crippen MR) is 75.1 cm³/mol. The largest absolute Gasteiger partial charge is 0.326 e. The minimum Gasteiger partial charge on any atom is -0.326 e. The van der Waals surface area contributed by atoms with E-state index in [0.717, 1.165) is 0 Å². The molecule has 0 aliphatic carbocycles. The van der Waals surface area contributed by atoms with Gasteiger partial charge in [0.25, 0.3) is 0 Å². The third-order valence-corrected chi connectivity index (χ3v) is 5.28. The van der Waals surface area contributed by atoms with Gasteiger partial charge in [-0.3, -0.25) is 0 Å². The molecule has 1 atom stereocenters. The Labute approximate surface area is 123 Å². The minimum absolute atomic E-state index is 0. The van der Waals surface area contributed by atoms with Gasteiger partial charge in [-0.1, -0.05) is 23.2 Å². The third-order valence-electron chi connectivity index (χ3n) is 2.70. The average Bonchev–Trinajstić information content (AvgIpc) is 2.69. The quantitative estimate of drug-likeness (QED) is 0.903. The van der Waals surface area contributed by atoms with Crippen LogP contribution in [0.1, 0.15) is 6.42 Å². The Kier molecular flexibility index (Phi) is 5.29. The number of sulfonamides is 1. The number of hydrogen-bond donors (Lipinski definition) is 1. The zero-order chi connectivity index (χ0) is 12.6. The second kappa shape index (κ2) is 5.94. The van der Waals surface area contributed by atoms with Gasteiger partial charge in [0.2, 0.25) is 10.0 Å². The molecule has 0 unspecified atom stereocenters. The molecule has 2 rings (SSSR count). The molecular weight excluding hydrogens is 319 g/mol. The Morgan fingerprint density at radius 2 is 2.00 bits per heavy atom. The second-order valence-electron chi connectivity index (χ2n) is 3.99. The number of nitrogens with zero attached hydrogens (tertiary/aromatic N) is 1. The second-order valence-corrected chi connectivity index (χ2v) is 6.74. The van der Waals surface area contributed by atoms with Gasteiger partial charge >= 0.3 is 0 Å². The lowest BCUT2D eigenvalue weighted by Crippen LogP contribution is -2.32. The van der Waals surface area contributed by atoms with Crippen molar-refractivity contribution in [3.63, 3.8) is 0 Å². The van der Waals surface area contributed by atoms with Gasteiger partial charge in [-0.25, -0.2) is 8.42 Å². The summed E-state index contributed by atoms with van der Waals surface area (Å²) in [5.41, 5.74) is 5.70. The molecule has 1 aliphatic heterocycles. The normalized spacial score (nSPS) is 20.7. The first-order valence-corrected chi connectivity index (χ1v) is 7.31. The number of rotatable bonds is 2. The number of nitrogens with two attached hydrogens (primary N) is 1. The molecule has 0 aromatic heterocycles. The molecule has 102 valence electrons. The first-order valence-electron chi connectivity index (χ1n) is 5.12. The van der Waals surface area contributed by atoms with Gasteiger partial charge in [-0.05, 0) is 24.6 Å². The van der Waals surface area contributed by atoms with Gasteiger partial charge in [-0.15, -0.1) is 12.4 Å². The van der Waals surface area contributed by atoms with Crippen molar-refractivity contribution in [2.24, 2.45) is 5.73 Å². The molecule has 0 amide bonds. The minimum atomic E-state index is -3.59. The molecule has 8 heteroatoms. The summed E-state index contributed by atoms with van der Waals surface area (Å²) in [7, 11) is -3.59. The van der Waals surface area contributed by atoms with Crippen LogP contribution in [-0.2, 0) is 10.0 Å². The van der Waals surface area contributed by atoms with E-state index in [2.05, 4.69) is 0 Å². The molecule has 0 bridgehead atoms. The molecule has 0 spiro atoms. The third kappa shape index (κ3) is 3.10. The monoisotopic (exact) mass is 330 g/mol. The fourth-order valence-corrected chi connectivity index (χ4v) is 4.04. The molecule has 0 saturated carbocycles. The first-order chi connectivity index (χ1) is 7.91. The van der Waals surface area contributed by atoms with Crippen LogP contribution in [-0.4, -0.2) is 31.9 Å². The van der Waals surface area contributed by atoms with Crippen LogP contribution in [0.25, 0.3) is 0 Å². The molecule has 4 nitrogen and oxygen atoms in total. The van der Waals surface area contributed by atoms with Crippen molar-refractivity contribution in [1.82, 2.24) is 4.31 Å². The van der Waals surface area contributed by atoms with E-state index in [1.165, 1.54) is 16.4 Å². The van der Waals surface area contributed by atoms with E-state index < -0.39 is 10.0 Å². The number of benzene rings is 1. The molecule has 2 N–H and O–H groups in total. The SMILES string of the molecule is Cl.N[C@@H]1CCN(S(=O)(=O)c2cc(Cl)ccc2Cl)C1. The Balaban J connectivity index is 0.00000162. The first kappa shape index (κ1) is 16.0. The van der Waals surface area contributed by atoms with Crippen LogP contribution in [0.5, 0.6) is 0 Å². The van der Waals surface area contributed by atoms with Crippen LogP contribution in [0.3, 0.4) is 0 Å². The average molecular weight is 332 g/mol. The molecule has 1 heterocycles. The molecular formula is C10H13Cl3N2O2S. The lowest BCUT2D eigenvalue weighted by Gasteiger charge is -2.16. The highest BCUT2D eigenvalue weighted by Gasteiger charge is 2.32. The number of hydrogen-bond acceptors (Lipinski definition) is 3. The van der Waals surface area contributed by atoms with Crippen LogP contribution < -0.4 is 5.73 Å². The maximum absolute atomic E-state index is 12.3. The smallest absolute Gasteiger partial charge is 0.244 e. The van der Waals surface area contributed by atoms with E-state index in [1.807, 2.05) is 0 Å². The molecule has 18 heavy (non-hydrogen) atoms. The van der Waals surface area contributed by atoms with Gasteiger partial charge in [0.05, 0.1) is 5.02 Å². The van der Waals surface area contributed by atoms with Crippen LogP contribution in [0.4, 0.5) is 0 Å². The van der Waals surface area contributed by atoms with Gasteiger partial charge in [0.1, 0.15) is 4.90 Å². The lowest BCUT2D eigenvalue weighted by molar-refractivity contribution is 0.472. The number of halogens is 3. The van der Waals surface area contributed by atoms with Crippen molar-refractivity contribution < 1.29 is 8.42 Å². The molecule has 1 aromatic carbocycles. The van der Waals surface area contributed by atoms with Crippen molar-refractivity contribution in [2.75, 3.05) is 13.1 Å². The van der Waals surface area contributed by atoms with Crippen molar-refractivity contribution in [3.8, 4) is 0 Å². The summed E-state index contributed by atoms with van der Waals surface area (Å²) in [6.07, 6.45) is 0.664. The highest BCUT2D eigenvalue weighted by atomic mass is 35.5. The highest BCUT2D eigenvalue weighted by molar-refractivity contribution is 7.89. The predicted octanol–water partition coefficient (Wildman–Crippen LogP) is 2.14. The van der Waals surface area contributed by atoms with Crippen LogP contribution in [0.2, 0.25) is 10.0 Å². The molecule has 1 aromatic rings. The van der Waals surface area contributed by atoms with Crippen molar-refractivity contribution >= 4 is 45.6 Å². The van der Waals surface area contributed by atoms with E-state index in [4.69, 9.17) is 28.9 Å². The fraction of sp³-hybridized carbons (Fsp3) is 0.400. The Bertz CT molecular complexity index is 536. The Hall–Kier alpha value is -0.0400. The summed E-state index contributed by atoms with van der Waals surface area (Å²) >= 11 is 11.7. The zero-order valence-corrected chi connectivity index (χ0v) is 12.5. The Morgan fingerprint density at radius 3 is 2.56 bits per heavy atom. The van der Waals surface area contributed by atoms with Crippen molar-refractivity contribution in [2.45, 2.75) is 17.4 Å². The molecule has 0 radical (unpaired) electrons. The maximum atomic E-state index is 12.3. The van der Waals surface area contributed by atoms with Gasteiger partial charge in [0.15, 0.2) is 0 Å². The van der Waals surface area contributed by atoms with E-state index in [0.29, 0.717) is 24.5 Å². The fourth-order valence-electron chi connectivity index (χ4n) is 1.79. The standard InChI is InChI=1S/C10H12Cl2N2O2S.ClH/c11-7-1-2-9(12)10(5-7)17(15,16)14-4-3-8(13)6-14;/h1-2,5,8H,3-4,6,13H2;1H/t8-;/m1./s1. The lowest BCUT2D eigenvalue weighted by atomic mass is 10.3. The van der Waals surface area contributed by atoms with Gasteiger partial charge < -0.3 is 5.73 Å². The maximum Gasteiger partial charge on any atom is 0.244 e. The van der Waals surface area contributed by atoms with E-state index in [1.54, 1.807) is 6.07 Å². The Morgan fingerprint density at radius 1 is 1.33 bits per heavy atom. The molecule has 1 aliphatic rings. The van der Waals surface area contributed by atoms with E-state index in [-0.39, 0.29) is 28.4 Å². The summed E-state index contributed by atoms with van der Waals surface area (Å²) in [5.74, 6) is 0. The van der Waals surface area contributed by atoms with Crippen molar-refractivity contribution in [3.05, 3.63) is 28.2 Å². The summed E-state index contributed by atoms with van der Waals surface area (Å²) in [6.45, 7) is 0.748. The summed E-state index contributed by atoms with van der Waals surface area (Å²) in [4.78, 5) is 0.0424. The van der Waals surface area contributed by atoms with Crippen molar-refractivity contribution in [1.29, 1.82) is 0 Å². The highest BCUT2D eigenvalue weighted by Crippen LogP contribution is 2.29. The summed E-state index contributed by atoms with van der Waals surface area (Å²) in [5, 5.41) is 0.520. The summed E-state index contributed by atoms with van der Waals surface area (Å²) in [6, 6.07) is 4.29. The van der Waals surface area contributed by atoms with Crippen LogP contribution in [0, 0.1) is 0 Å². The van der Waals surface area contributed by atoms with Gasteiger partial charge in [0, 0.05) is 24.2 Å². The molecule has 1 fully saturated rings. The summed E-state index contributed by atoms with van der Waals surface area (Å²) < 4.78 is 25.9. The van der Waals surface area contributed by atoms with E-state index >= 15 is 0 Å². The van der Waals surface area contributed by atoms with E-state index in [9.17, 15) is 8.42 Å². The topological polar surface area (TPSA) is 63.4 Å². The zero-order valence-electron chi connectivity index (χ0n) is 9.34. The molecule has 1 saturated heterocycles. The van der Waals surface area contributed by atoms with Crippen LogP contribution >= 0.6 is 35.6 Å². The van der Waals surface area contributed by atoms with Crippen LogP contribution in [0.15, 0.2) is 23.1 Å².